The van der Waals surface area contributed by atoms with E-state index in [0.717, 1.165) is 23.5 Å². The second-order valence-electron chi connectivity index (χ2n) is 5.31. The van der Waals surface area contributed by atoms with Gasteiger partial charge < -0.3 is 15.8 Å². The number of rotatable bonds is 5. The minimum Gasteiger partial charge on any atom is -0.497 e. The van der Waals surface area contributed by atoms with Crippen LogP contribution in [0.3, 0.4) is 0 Å². The largest absolute Gasteiger partial charge is 0.497 e. The fourth-order valence-electron chi connectivity index (χ4n) is 2.59. The van der Waals surface area contributed by atoms with Crippen LogP contribution in [0.5, 0.6) is 5.75 Å². The third-order valence-corrected chi connectivity index (χ3v) is 3.92. The summed E-state index contributed by atoms with van der Waals surface area (Å²) in [7, 11) is 1.68. The molecule has 20 heavy (non-hydrogen) atoms. The van der Waals surface area contributed by atoms with E-state index in [1.807, 2.05) is 18.2 Å². The summed E-state index contributed by atoms with van der Waals surface area (Å²) in [4.78, 5) is 0. The molecule has 0 heterocycles. The van der Waals surface area contributed by atoms with Gasteiger partial charge in [-0.15, -0.1) is 0 Å². The number of nitrogens with two attached hydrogens (primary N) is 1. The summed E-state index contributed by atoms with van der Waals surface area (Å²) in [5.41, 5.74) is 9.34. The van der Waals surface area contributed by atoms with Crippen molar-refractivity contribution in [2.24, 2.45) is 0 Å². The van der Waals surface area contributed by atoms with E-state index in [9.17, 15) is 0 Å². The van der Waals surface area contributed by atoms with E-state index in [0.29, 0.717) is 12.0 Å². The fourth-order valence-corrected chi connectivity index (χ4v) is 2.59. The lowest BCUT2D eigenvalue weighted by atomic mass is 10.1. The van der Waals surface area contributed by atoms with Crippen molar-refractivity contribution in [3.8, 4) is 5.75 Å². The molecule has 1 aliphatic rings. The van der Waals surface area contributed by atoms with Crippen LogP contribution in [0.25, 0.3) is 0 Å². The van der Waals surface area contributed by atoms with Crippen LogP contribution in [0.15, 0.2) is 48.5 Å². The van der Waals surface area contributed by atoms with E-state index >= 15 is 0 Å². The van der Waals surface area contributed by atoms with Crippen LogP contribution in [0.2, 0.25) is 0 Å². The van der Waals surface area contributed by atoms with Crippen LogP contribution in [0.4, 0.5) is 5.69 Å². The van der Waals surface area contributed by atoms with Gasteiger partial charge in [-0.05, 0) is 35.7 Å². The number of nitrogen functional groups attached to an aromatic ring is 1. The summed E-state index contributed by atoms with van der Waals surface area (Å²) in [6.07, 6.45) is 1.20. The van der Waals surface area contributed by atoms with Crippen LogP contribution >= 0.6 is 0 Å². The Bertz CT molecular complexity index is 583. The Balaban J connectivity index is 1.59. The highest BCUT2D eigenvalue weighted by Crippen LogP contribution is 2.40. The molecule has 104 valence electrons. The van der Waals surface area contributed by atoms with Crippen molar-refractivity contribution in [2.75, 3.05) is 12.8 Å². The highest BCUT2D eigenvalue weighted by Gasteiger charge is 2.37. The first kappa shape index (κ1) is 13.0. The van der Waals surface area contributed by atoms with E-state index in [-0.39, 0.29) is 0 Å². The minimum absolute atomic E-state index is 0.558. The van der Waals surface area contributed by atoms with Gasteiger partial charge in [0.15, 0.2) is 0 Å². The minimum atomic E-state index is 0.558. The summed E-state index contributed by atoms with van der Waals surface area (Å²) < 4.78 is 5.24. The summed E-state index contributed by atoms with van der Waals surface area (Å²) in [5.74, 6) is 1.49. The zero-order chi connectivity index (χ0) is 13.9. The Labute approximate surface area is 119 Å². The molecule has 2 unspecified atom stereocenters. The Hall–Kier alpha value is -2.00. The molecule has 3 N–H and O–H groups in total. The zero-order valence-corrected chi connectivity index (χ0v) is 11.7. The number of hydrogen-bond acceptors (Lipinski definition) is 3. The van der Waals surface area contributed by atoms with Gasteiger partial charge in [-0.25, -0.2) is 0 Å². The van der Waals surface area contributed by atoms with Gasteiger partial charge in [-0.1, -0.05) is 30.3 Å². The number of hydrogen-bond donors (Lipinski definition) is 2. The Morgan fingerprint density at radius 3 is 2.75 bits per heavy atom. The smallest absolute Gasteiger partial charge is 0.119 e. The second-order valence-corrected chi connectivity index (χ2v) is 5.31. The highest BCUT2D eigenvalue weighted by molar-refractivity contribution is 5.50. The molecule has 2 aromatic rings. The van der Waals surface area contributed by atoms with Gasteiger partial charge >= 0.3 is 0 Å². The van der Waals surface area contributed by atoms with E-state index in [4.69, 9.17) is 10.5 Å². The molecule has 1 saturated carbocycles. The van der Waals surface area contributed by atoms with Crippen molar-refractivity contribution in [3.05, 3.63) is 59.7 Å². The SMILES string of the molecule is COc1ccc(N)c(CNC2CC2c2ccccc2)c1. The van der Waals surface area contributed by atoms with Crippen LogP contribution in [-0.4, -0.2) is 13.2 Å². The van der Waals surface area contributed by atoms with Crippen molar-refractivity contribution in [3.63, 3.8) is 0 Å². The third-order valence-electron chi connectivity index (χ3n) is 3.92. The molecule has 0 aromatic heterocycles. The van der Waals surface area contributed by atoms with E-state index in [1.54, 1.807) is 7.11 Å². The van der Waals surface area contributed by atoms with Gasteiger partial charge in [0.1, 0.15) is 5.75 Å². The molecule has 1 aliphatic carbocycles. The Kier molecular flexibility index (Phi) is 3.61. The molecular formula is C17H20N2O. The van der Waals surface area contributed by atoms with Gasteiger partial charge in [0, 0.05) is 24.2 Å². The standard InChI is InChI=1S/C17H20N2O/c1-20-14-7-8-16(18)13(9-14)11-19-17-10-15(17)12-5-3-2-4-6-12/h2-9,15,17,19H,10-11,18H2,1H3. The molecule has 0 spiro atoms. The molecule has 0 radical (unpaired) electrons. The highest BCUT2D eigenvalue weighted by atomic mass is 16.5. The molecule has 3 heteroatoms. The van der Waals surface area contributed by atoms with Crippen molar-refractivity contribution in [1.82, 2.24) is 5.32 Å². The van der Waals surface area contributed by atoms with Crippen molar-refractivity contribution in [1.29, 1.82) is 0 Å². The molecule has 0 saturated heterocycles. The second kappa shape index (κ2) is 5.55. The average molecular weight is 268 g/mol. The lowest BCUT2D eigenvalue weighted by Crippen LogP contribution is -2.18. The van der Waals surface area contributed by atoms with Crippen molar-refractivity contribution >= 4 is 5.69 Å². The lowest BCUT2D eigenvalue weighted by molar-refractivity contribution is 0.414. The summed E-state index contributed by atoms with van der Waals surface area (Å²) >= 11 is 0. The van der Waals surface area contributed by atoms with Gasteiger partial charge in [-0.3, -0.25) is 0 Å². The fraction of sp³-hybridized carbons (Fsp3) is 0.294. The van der Waals surface area contributed by atoms with E-state index in [2.05, 4.69) is 35.6 Å². The quantitative estimate of drug-likeness (QED) is 0.820. The first-order chi connectivity index (χ1) is 9.78. The van der Waals surface area contributed by atoms with Crippen LogP contribution in [-0.2, 0) is 6.54 Å². The van der Waals surface area contributed by atoms with Gasteiger partial charge in [0.05, 0.1) is 7.11 Å². The monoisotopic (exact) mass is 268 g/mol. The zero-order valence-electron chi connectivity index (χ0n) is 11.7. The van der Waals surface area contributed by atoms with Gasteiger partial charge in [-0.2, -0.15) is 0 Å². The summed E-state index contributed by atoms with van der Waals surface area (Å²) in [6.45, 7) is 0.789. The first-order valence-corrected chi connectivity index (χ1v) is 6.98. The van der Waals surface area contributed by atoms with Crippen LogP contribution < -0.4 is 15.8 Å². The van der Waals surface area contributed by atoms with Crippen molar-refractivity contribution < 1.29 is 4.74 Å². The average Bonchev–Trinajstić information content (AvgIpc) is 3.27. The Morgan fingerprint density at radius 1 is 1.20 bits per heavy atom. The molecule has 2 atom stereocenters. The predicted molar refractivity (Wildman–Crippen MR) is 81.8 cm³/mol. The molecule has 3 rings (SSSR count). The van der Waals surface area contributed by atoms with Gasteiger partial charge in [0.25, 0.3) is 0 Å². The number of nitrogens with one attached hydrogen (secondary N) is 1. The van der Waals surface area contributed by atoms with Crippen LogP contribution in [0.1, 0.15) is 23.5 Å². The molecule has 1 fully saturated rings. The topological polar surface area (TPSA) is 47.3 Å². The maximum Gasteiger partial charge on any atom is 0.119 e. The number of methoxy groups -OCH3 is 1. The molecule has 2 aromatic carbocycles. The number of benzene rings is 2. The number of ether oxygens (including phenoxy) is 1. The number of anilines is 1. The maximum atomic E-state index is 6.00. The molecule has 0 bridgehead atoms. The third kappa shape index (κ3) is 2.78. The molecular weight excluding hydrogens is 248 g/mol. The van der Waals surface area contributed by atoms with E-state index < -0.39 is 0 Å². The Morgan fingerprint density at radius 2 is 2.00 bits per heavy atom. The molecule has 0 aliphatic heterocycles. The van der Waals surface area contributed by atoms with Crippen molar-refractivity contribution in [2.45, 2.75) is 24.9 Å². The first-order valence-electron chi connectivity index (χ1n) is 6.98. The summed E-state index contributed by atoms with van der Waals surface area (Å²) in [5, 5.41) is 3.58. The molecule has 0 amide bonds. The van der Waals surface area contributed by atoms with Crippen LogP contribution in [0, 0.1) is 0 Å². The predicted octanol–water partition coefficient (Wildman–Crippen LogP) is 2.92. The lowest BCUT2D eigenvalue weighted by Gasteiger charge is -2.09. The molecule has 3 nitrogen and oxygen atoms in total. The van der Waals surface area contributed by atoms with E-state index in [1.165, 1.54) is 12.0 Å². The normalized spacial score (nSPS) is 20.6. The van der Waals surface area contributed by atoms with Gasteiger partial charge in [0.2, 0.25) is 0 Å². The summed E-state index contributed by atoms with van der Waals surface area (Å²) in [6, 6.07) is 17.0. The maximum absolute atomic E-state index is 6.00.